The van der Waals surface area contributed by atoms with Crippen LogP contribution in [0.3, 0.4) is 0 Å². The van der Waals surface area contributed by atoms with Crippen molar-refractivity contribution >= 4 is 68.5 Å². The van der Waals surface area contributed by atoms with Gasteiger partial charge in [-0.05, 0) is 241 Å². The van der Waals surface area contributed by atoms with Gasteiger partial charge in [0.1, 0.15) is 0 Å². The molecule has 0 N–H and O–H groups in total. The van der Waals surface area contributed by atoms with Gasteiger partial charge in [0, 0.05) is 74.6 Å². The molecule has 10 aromatic carbocycles. The summed E-state index contributed by atoms with van der Waals surface area (Å²) in [6.07, 6.45) is 39.9. The highest BCUT2D eigenvalue weighted by Crippen LogP contribution is 2.61. The van der Waals surface area contributed by atoms with Gasteiger partial charge in [-0.25, -0.2) is 0 Å². The Labute approximate surface area is 667 Å². The molecular weight excluding hydrogens is 1350 g/mol. The van der Waals surface area contributed by atoms with Gasteiger partial charge in [-0.3, -0.25) is 0 Å². The van der Waals surface area contributed by atoms with Crippen molar-refractivity contribution in [3.63, 3.8) is 0 Å². The highest BCUT2D eigenvalue weighted by atomic mass is 15.3. The van der Waals surface area contributed by atoms with Gasteiger partial charge in [0.2, 0.25) is 0 Å². The van der Waals surface area contributed by atoms with Gasteiger partial charge in [0.15, 0.2) is 0 Å². The van der Waals surface area contributed by atoms with Gasteiger partial charge in [-0.1, -0.05) is 324 Å². The van der Waals surface area contributed by atoms with Crippen LogP contribution >= 0.6 is 0 Å². The average Bonchev–Trinajstić information content (AvgIpc) is 0.807. The van der Waals surface area contributed by atoms with Crippen LogP contribution in [0.25, 0.3) is 61.2 Å². The van der Waals surface area contributed by atoms with Crippen molar-refractivity contribution < 1.29 is 0 Å². The molecule has 0 aromatic heterocycles. The second-order valence-corrected chi connectivity index (χ2v) is 37.6. The van der Waals surface area contributed by atoms with Gasteiger partial charge in [0.25, 0.3) is 6.71 Å². The van der Waals surface area contributed by atoms with E-state index in [9.17, 15) is 0 Å². The SMILES string of the molecule is CC(C)(C)C1=CC2=C(c3ccc4c(c3)B3c5cc(-c6ccccc6)ccc5N(c5c(-c6ccccc6)cc(C6CCCCC6)cc5-c5ccccc5)c5cc(N6C7CCCCC7C7CCCCC76)cc(c53)N4c3c(-c4ccccc4)cc(C4CCCCC4)cc3-c3ccccc3)C=C3C=C(C(C)(C)C)CC4C=CC(=C1)C2C34. The average molecular weight is 1460 g/mol. The molecule has 0 bridgehead atoms. The molecule has 3 nitrogen and oxygen atoms in total. The van der Waals surface area contributed by atoms with Crippen molar-refractivity contribution in [2.75, 3.05) is 14.7 Å². The second kappa shape index (κ2) is 28.0. The molecule has 10 aromatic rings. The summed E-state index contributed by atoms with van der Waals surface area (Å²) in [6, 6.07) is 91.1. The monoisotopic (exact) mass is 1460 g/mol. The molecule has 4 heteroatoms. The van der Waals surface area contributed by atoms with Crippen molar-refractivity contribution in [3.05, 3.63) is 305 Å². The maximum absolute atomic E-state index is 3.12. The largest absolute Gasteiger partial charge is 0.365 e. The Morgan fingerprint density at radius 2 is 0.804 bits per heavy atom. The standard InChI is InChI=1S/C108H108BN3/c1-107(2,3)83-56-78-50-51-79-57-84(108(4,5)6)66-93-88(63-82(58-83)102(78)103(79)93)77-53-55-99-95(65-77)109-94-64-76(69-32-14-7-15-33-69)52-54-98(94)111(105-89(72-38-20-10-21-39-72)59-80(70-34-16-8-17-35-70)60-90(105)73-40-22-11-23-41-73)100-67-85(110-96-48-30-28-46-86(96)87-47-29-31-49-97(87)110)68-101(104(100)109)112(99)106-91(74-42-24-12-25-43-74)61-81(71-36-18-9-19-37-71)62-92(106)75-44-26-13-27-45-75/h7,10-15,20-27,32-33,38-45,50-55,57-68,70-71,78,86-87,96-97,102-103H,8-9,16-19,28-31,34-37,46-49,56H2,1-6H3. The minimum Gasteiger partial charge on any atom is -0.365 e. The first-order valence-electron chi connectivity index (χ1n) is 43.6. The van der Waals surface area contributed by atoms with Crippen LogP contribution in [-0.4, -0.2) is 18.8 Å². The molecule has 7 unspecified atom stereocenters. The van der Waals surface area contributed by atoms with Crippen LogP contribution in [0.2, 0.25) is 0 Å². The Morgan fingerprint density at radius 3 is 1.27 bits per heavy atom. The molecule has 7 atom stereocenters. The van der Waals surface area contributed by atoms with Crippen LogP contribution in [0.1, 0.15) is 192 Å². The van der Waals surface area contributed by atoms with E-state index in [4.69, 9.17) is 0 Å². The van der Waals surface area contributed by atoms with Crippen LogP contribution in [0, 0.1) is 40.4 Å². The predicted octanol–water partition coefficient (Wildman–Crippen LogP) is 27.5. The van der Waals surface area contributed by atoms with E-state index < -0.39 is 0 Å². The third-order valence-corrected chi connectivity index (χ3v) is 29.1. The third kappa shape index (κ3) is 11.9. The molecule has 8 aliphatic carbocycles. The number of rotatable bonds is 11. The minimum absolute atomic E-state index is 0.0465. The summed E-state index contributed by atoms with van der Waals surface area (Å²) < 4.78 is 0. The predicted molar refractivity (Wildman–Crippen MR) is 476 cm³/mol. The fourth-order valence-corrected chi connectivity index (χ4v) is 23.7. The van der Waals surface area contributed by atoms with Crippen molar-refractivity contribution in [1.29, 1.82) is 0 Å². The van der Waals surface area contributed by atoms with Crippen LogP contribution in [0.4, 0.5) is 39.8 Å². The molecule has 0 amide bonds. The van der Waals surface area contributed by atoms with E-state index >= 15 is 0 Å². The van der Waals surface area contributed by atoms with Gasteiger partial charge < -0.3 is 14.7 Å². The summed E-state index contributed by atoms with van der Waals surface area (Å²) in [6.45, 7) is 14.4. The van der Waals surface area contributed by atoms with E-state index in [-0.39, 0.29) is 23.5 Å². The highest BCUT2D eigenvalue weighted by molar-refractivity contribution is 7.00. The maximum Gasteiger partial charge on any atom is 0.252 e. The summed E-state index contributed by atoms with van der Waals surface area (Å²) in [7, 11) is 0. The fraction of sp³-hybridized carbons (Fsp3) is 0.333. The quantitative estimate of drug-likeness (QED) is 0.120. The van der Waals surface area contributed by atoms with Crippen molar-refractivity contribution in [2.24, 2.45) is 40.4 Å². The first-order valence-corrected chi connectivity index (χ1v) is 43.6. The molecular formula is C108H108BN3. The molecule has 3 heterocycles. The molecule has 5 fully saturated rings. The van der Waals surface area contributed by atoms with Crippen LogP contribution in [-0.2, 0) is 0 Å². The van der Waals surface area contributed by atoms with Crippen LogP contribution in [0.5, 0.6) is 0 Å². The molecule has 11 aliphatic rings. The summed E-state index contributed by atoms with van der Waals surface area (Å²) in [5.41, 5.74) is 38.9. The lowest BCUT2D eigenvalue weighted by Gasteiger charge is -2.48. The zero-order chi connectivity index (χ0) is 75.1. The summed E-state index contributed by atoms with van der Waals surface area (Å²) in [5.74, 6) is 3.43. The first-order chi connectivity index (χ1) is 54.8. The normalized spacial score (nSPS) is 23.2. The number of anilines is 7. The van der Waals surface area contributed by atoms with Gasteiger partial charge >= 0.3 is 0 Å². The number of hydrogen-bond acceptors (Lipinski definition) is 3. The summed E-state index contributed by atoms with van der Waals surface area (Å²) in [4.78, 5) is 8.92. The lowest BCUT2D eigenvalue weighted by molar-refractivity contribution is 0.231. The molecule has 3 aliphatic heterocycles. The molecule has 4 saturated carbocycles. The fourth-order valence-electron chi connectivity index (χ4n) is 23.7. The van der Waals surface area contributed by atoms with Crippen LogP contribution in [0.15, 0.2) is 289 Å². The van der Waals surface area contributed by atoms with E-state index in [0.29, 0.717) is 47.6 Å². The third-order valence-electron chi connectivity index (χ3n) is 29.1. The topological polar surface area (TPSA) is 9.72 Å². The Morgan fingerprint density at radius 1 is 0.366 bits per heavy atom. The molecule has 1 saturated heterocycles. The van der Waals surface area contributed by atoms with Gasteiger partial charge in [-0.15, -0.1) is 0 Å². The Bertz CT molecular complexity index is 5370. The second-order valence-electron chi connectivity index (χ2n) is 37.6. The molecule has 21 rings (SSSR count). The Balaban J connectivity index is 0.929. The first kappa shape index (κ1) is 70.0. The van der Waals surface area contributed by atoms with E-state index in [1.807, 2.05) is 0 Å². The zero-order valence-electron chi connectivity index (χ0n) is 66.9. The zero-order valence-corrected chi connectivity index (χ0v) is 66.9. The molecule has 0 spiro atoms. The van der Waals surface area contributed by atoms with E-state index in [0.717, 1.165) is 6.42 Å². The van der Waals surface area contributed by atoms with Crippen LogP contribution < -0.4 is 31.1 Å². The molecule has 0 radical (unpaired) electrons. The van der Waals surface area contributed by atoms with Gasteiger partial charge in [0.05, 0.1) is 11.4 Å². The van der Waals surface area contributed by atoms with Gasteiger partial charge in [-0.2, -0.15) is 0 Å². The smallest absolute Gasteiger partial charge is 0.252 e. The summed E-state index contributed by atoms with van der Waals surface area (Å²) >= 11 is 0. The number of benzene rings is 10. The number of nitrogens with zero attached hydrogens (tertiary/aromatic N) is 3. The van der Waals surface area contributed by atoms with Crippen molar-refractivity contribution in [3.8, 4) is 55.6 Å². The van der Waals surface area contributed by atoms with E-state index in [1.54, 1.807) is 5.57 Å². The van der Waals surface area contributed by atoms with E-state index in [1.165, 1.54) is 272 Å². The van der Waals surface area contributed by atoms with Crippen molar-refractivity contribution in [1.82, 2.24) is 0 Å². The number of allylic oxidation sites excluding steroid dienone is 12. The minimum atomic E-state index is -0.187. The lowest BCUT2D eigenvalue weighted by atomic mass is 9.33. The number of fused-ring (bicyclic) bond motifs is 7. The van der Waals surface area contributed by atoms with E-state index in [2.05, 4.69) is 317 Å². The van der Waals surface area contributed by atoms with Crippen molar-refractivity contribution in [2.45, 2.75) is 187 Å². The molecule has 558 valence electrons. The maximum atomic E-state index is 3.12. The Hall–Kier alpha value is -9.90. The lowest BCUT2D eigenvalue weighted by Crippen LogP contribution is -2.61. The Kier molecular flexibility index (Phi) is 17.5. The highest BCUT2D eigenvalue weighted by Gasteiger charge is 2.53. The molecule has 112 heavy (non-hydrogen) atoms. The number of hydrogen-bond donors (Lipinski definition) is 0. The summed E-state index contributed by atoms with van der Waals surface area (Å²) in [5, 5.41) is 0.